The first-order chi connectivity index (χ1) is 16.5. The SMILES string of the molecule is CC(CCCN(C)C)CC(=O)C1CCCC(CC2=CC=CC(c3nc4ccccc4[nH]3)C2)CC1. The number of H-pyrrole nitrogens is 1. The molecule has 4 atom stereocenters. The van der Waals surface area contributed by atoms with Crippen molar-refractivity contribution in [1.82, 2.24) is 14.9 Å². The smallest absolute Gasteiger partial charge is 0.136 e. The number of para-hydroxylation sites is 2. The fraction of sp³-hybridized carbons (Fsp3) is 0.600. The van der Waals surface area contributed by atoms with Crippen molar-refractivity contribution < 1.29 is 4.79 Å². The molecule has 0 amide bonds. The Hall–Kier alpha value is -2.20. The van der Waals surface area contributed by atoms with Gasteiger partial charge in [0.1, 0.15) is 11.6 Å². The Balaban J connectivity index is 1.24. The molecule has 34 heavy (non-hydrogen) atoms. The van der Waals surface area contributed by atoms with Crippen LogP contribution >= 0.6 is 0 Å². The maximum atomic E-state index is 13.0. The number of carbonyl (C=O) groups is 1. The first-order valence-electron chi connectivity index (χ1n) is 13.5. The van der Waals surface area contributed by atoms with Crippen molar-refractivity contribution in [3.05, 3.63) is 53.9 Å². The van der Waals surface area contributed by atoms with Crippen molar-refractivity contribution >= 4 is 16.8 Å². The predicted molar refractivity (Wildman–Crippen MR) is 142 cm³/mol. The molecule has 1 saturated carbocycles. The number of aromatic amines is 1. The van der Waals surface area contributed by atoms with Crippen LogP contribution in [-0.4, -0.2) is 41.3 Å². The molecule has 1 N–H and O–H groups in total. The van der Waals surface area contributed by atoms with Gasteiger partial charge in [0.25, 0.3) is 0 Å². The average molecular weight is 462 g/mol. The molecule has 0 saturated heterocycles. The minimum absolute atomic E-state index is 0.296. The van der Waals surface area contributed by atoms with Gasteiger partial charge in [-0.15, -0.1) is 0 Å². The molecule has 1 aromatic heterocycles. The molecular weight excluding hydrogens is 418 g/mol. The van der Waals surface area contributed by atoms with Crippen LogP contribution in [0.5, 0.6) is 0 Å². The maximum Gasteiger partial charge on any atom is 0.136 e. The number of nitrogens with zero attached hydrogens (tertiary/aromatic N) is 2. The van der Waals surface area contributed by atoms with Crippen molar-refractivity contribution in [2.24, 2.45) is 17.8 Å². The monoisotopic (exact) mass is 461 g/mol. The summed E-state index contributed by atoms with van der Waals surface area (Å²) in [4.78, 5) is 23.6. The Morgan fingerprint density at radius 1 is 1.18 bits per heavy atom. The molecule has 0 radical (unpaired) electrons. The lowest BCUT2D eigenvalue weighted by Gasteiger charge is -2.21. The van der Waals surface area contributed by atoms with Gasteiger partial charge in [0, 0.05) is 18.3 Å². The second-order valence-electron chi connectivity index (χ2n) is 11.2. The molecule has 0 spiro atoms. The van der Waals surface area contributed by atoms with Gasteiger partial charge >= 0.3 is 0 Å². The first kappa shape index (κ1) is 24.9. The van der Waals surface area contributed by atoms with Crippen LogP contribution < -0.4 is 0 Å². The molecule has 2 aromatic rings. The van der Waals surface area contributed by atoms with Crippen LogP contribution in [0.25, 0.3) is 11.0 Å². The molecule has 2 aliphatic carbocycles. The molecule has 0 aliphatic heterocycles. The third-order valence-electron chi connectivity index (χ3n) is 7.86. The minimum Gasteiger partial charge on any atom is -0.341 e. The van der Waals surface area contributed by atoms with Crippen LogP contribution in [0.2, 0.25) is 0 Å². The topological polar surface area (TPSA) is 49.0 Å². The lowest BCUT2D eigenvalue weighted by atomic mass is 9.84. The van der Waals surface area contributed by atoms with Gasteiger partial charge in [-0.1, -0.05) is 55.7 Å². The lowest BCUT2D eigenvalue weighted by Crippen LogP contribution is -2.18. The summed E-state index contributed by atoms with van der Waals surface area (Å²) in [5, 5.41) is 0. The fourth-order valence-corrected chi connectivity index (χ4v) is 5.88. The number of rotatable bonds is 10. The van der Waals surface area contributed by atoms with E-state index in [1.807, 2.05) is 6.07 Å². The summed E-state index contributed by atoms with van der Waals surface area (Å²) in [5.74, 6) is 3.47. The van der Waals surface area contributed by atoms with E-state index < -0.39 is 0 Å². The lowest BCUT2D eigenvalue weighted by molar-refractivity contribution is -0.124. The Morgan fingerprint density at radius 2 is 2.03 bits per heavy atom. The Bertz CT molecular complexity index is 968. The van der Waals surface area contributed by atoms with E-state index in [0.29, 0.717) is 29.5 Å². The highest BCUT2D eigenvalue weighted by Crippen LogP contribution is 2.36. The van der Waals surface area contributed by atoms with E-state index in [0.717, 1.165) is 55.5 Å². The zero-order valence-corrected chi connectivity index (χ0v) is 21.4. The largest absolute Gasteiger partial charge is 0.341 e. The molecule has 1 fully saturated rings. The van der Waals surface area contributed by atoms with Crippen molar-refractivity contribution in [3.8, 4) is 0 Å². The third-order valence-corrected chi connectivity index (χ3v) is 7.86. The fourth-order valence-electron chi connectivity index (χ4n) is 5.88. The minimum atomic E-state index is 0.296. The van der Waals surface area contributed by atoms with Gasteiger partial charge in [-0.3, -0.25) is 4.79 Å². The highest BCUT2D eigenvalue weighted by molar-refractivity contribution is 5.81. The summed E-state index contributed by atoms with van der Waals surface area (Å²) >= 11 is 0. The summed E-state index contributed by atoms with van der Waals surface area (Å²) in [6.45, 7) is 3.38. The molecule has 4 rings (SSSR count). The van der Waals surface area contributed by atoms with Crippen LogP contribution in [0.15, 0.2) is 48.1 Å². The van der Waals surface area contributed by atoms with E-state index in [1.54, 1.807) is 0 Å². The second kappa shape index (κ2) is 12.0. The number of benzene rings is 1. The number of imidazole rings is 1. The Kier molecular flexibility index (Phi) is 8.77. The molecule has 0 bridgehead atoms. The number of nitrogens with one attached hydrogen (secondary N) is 1. The van der Waals surface area contributed by atoms with E-state index in [4.69, 9.17) is 4.98 Å². The van der Waals surface area contributed by atoms with Crippen LogP contribution in [0.4, 0.5) is 0 Å². The van der Waals surface area contributed by atoms with Gasteiger partial charge in [-0.25, -0.2) is 4.98 Å². The van der Waals surface area contributed by atoms with Crippen LogP contribution in [0.3, 0.4) is 0 Å². The number of hydrogen-bond donors (Lipinski definition) is 1. The van der Waals surface area contributed by atoms with E-state index in [-0.39, 0.29) is 0 Å². The number of hydrogen-bond acceptors (Lipinski definition) is 3. The van der Waals surface area contributed by atoms with Gasteiger partial charge in [0.15, 0.2) is 0 Å². The van der Waals surface area contributed by atoms with Crippen molar-refractivity contribution in [2.45, 2.75) is 77.0 Å². The van der Waals surface area contributed by atoms with Gasteiger partial charge < -0.3 is 9.88 Å². The van der Waals surface area contributed by atoms with Crippen LogP contribution in [-0.2, 0) is 4.79 Å². The Morgan fingerprint density at radius 3 is 2.85 bits per heavy atom. The van der Waals surface area contributed by atoms with Gasteiger partial charge in [0.2, 0.25) is 0 Å². The van der Waals surface area contributed by atoms with E-state index in [1.165, 1.54) is 37.7 Å². The number of fused-ring (bicyclic) bond motifs is 1. The van der Waals surface area contributed by atoms with Crippen LogP contribution in [0.1, 0.15) is 82.9 Å². The van der Waals surface area contributed by atoms with Crippen LogP contribution in [0, 0.1) is 17.8 Å². The van der Waals surface area contributed by atoms with Crippen molar-refractivity contribution in [3.63, 3.8) is 0 Å². The summed E-state index contributed by atoms with van der Waals surface area (Å²) in [6.07, 6.45) is 18.0. The quantitative estimate of drug-likeness (QED) is 0.385. The van der Waals surface area contributed by atoms with E-state index in [2.05, 4.69) is 67.3 Å². The zero-order valence-electron chi connectivity index (χ0n) is 21.4. The third kappa shape index (κ3) is 6.91. The average Bonchev–Trinajstić information content (AvgIpc) is 3.12. The van der Waals surface area contributed by atoms with Gasteiger partial charge in [0.05, 0.1) is 11.0 Å². The predicted octanol–water partition coefficient (Wildman–Crippen LogP) is 7.06. The number of aromatic nitrogens is 2. The van der Waals surface area contributed by atoms with Gasteiger partial charge in [-0.05, 0) is 89.6 Å². The molecule has 1 aromatic carbocycles. The van der Waals surface area contributed by atoms with Crippen molar-refractivity contribution in [1.29, 1.82) is 0 Å². The summed E-state index contributed by atoms with van der Waals surface area (Å²) in [5.41, 5.74) is 3.71. The van der Waals surface area contributed by atoms with E-state index >= 15 is 0 Å². The second-order valence-corrected chi connectivity index (χ2v) is 11.2. The zero-order chi connectivity index (χ0) is 23.9. The summed E-state index contributed by atoms with van der Waals surface area (Å²) in [6, 6.07) is 8.28. The van der Waals surface area contributed by atoms with E-state index in [9.17, 15) is 4.79 Å². The molecular formula is C30H43N3O. The van der Waals surface area contributed by atoms with Crippen molar-refractivity contribution in [2.75, 3.05) is 20.6 Å². The maximum absolute atomic E-state index is 13.0. The number of Topliss-reactive ketones (excluding diaryl/α,β-unsaturated/α-hetero) is 1. The summed E-state index contributed by atoms with van der Waals surface area (Å²) in [7, 11) is 4.24. The number of ketones is 1. The molecule has 1 heterocycles. The normalized spacial score (nSPS) is 24.2. The first-order valence-corrected chi connectivity index (χ1v) is 13.5. The molecule has 2 aliphatic rings. The Labute approximate surface area is 205 Å². The summed E-state index contributed by atoms with van der Waals surface area (Å²) < 4.78 is 0. The molecule has 4 unspecified atom stereocenters. The highest BCUT2D eigenvalue weighted by Gasteiger charge is 2.26. The van der Waals surface area contributed by atoms with Gasteiger partial charge in [-0.2, -0.15) is 0 Å². The highest BCUT2D eigenvalue weighted by atomic mass is 16.1. The molecule has 4 nitrogen and oxygen atoms in total. The molecule has 184 valence electrons. The molecule has 4 heteroatoms. The number of allylic oxidation sites excluding steroid dienone is 4. The number of carbonyl (C=O) groups excluding carboxylic acids is 1. The standard InChI is InChI=1S/C30H43N3O/c1-22(9-8-18-33(2)3)19-29(34)25-12-6-10-23(16-17-25)20-24-11-7-13-26(21-24)30-31-27-14-4-5-15-28(27)32-30/h4-5,7,11,13-15,22-23,25-26H,6,8-10,12,16-21H2,1-3H3,(H,31,32).